The highest BCUT2D eigenvalue weighted by atomic mass is 32.2. The van der Waals surface area contributed by atoms with Crippen molar-refractivity contribution in [3.05, 3.63) is 24.3 Å². The third-order valence-corrected chi connectivity index (χ3v) is 6.01. The van der Waals surface area contributed by atoms with Gasteiger partial charge in [0.05, 0.1) is 23.7 Å². The summed E-state index contributed by atoms with van der Waals surface area (Å²) >= 11 is 0. The molecule has 2 fully saturated rings. The van der Waals surface area contributed by atoms with E-state index < -0.39 is 9.84 Å². The summed E-state index contributed by atoms with van der Waals surface area (Å²) in [6.07, 6.45) is 7.68. The highest BCUT2D eigenvalue weighted by Gasteiger charge is 2.42. The van der Waals surface area contributed by atoms with Gasteiger partial charge in [0.1, 0.15) is 5.69 Å². The zero-order chi connectivity index (χ0) is 15.6. The van der Waals surface area contributed by atoms with E-state index in [1.54, 1.807) is 0 Å². The number of rotatable bonds is 3. The van der Waals surface area contributed by atoms with Gasteiger partial charge in [0.2, 0.25) is 0 Å². The number of piperidine rings is 1. The van der Waals surface area contributed by atoms with Crippen molar-refractivity contribution in [1.29, 1.82) is 0 Å². The molecule has 0 radical (unpaired) electrons. The Balaban J connectivity index is 1.73. The number of hydrogen-bond donors (Lipinski definition) is 1. The molecule has 0 saturated carbocycles. The average molecular weight is 324 g/mol. The molecule has 1 aromatic rings. The Morgan fingerprint density at radius 1 is 1.18 bits per heavy atom. The van der Waals surface area contributed by atoms with Crippen molar-refractivity contribution in [3.8, 4) is 0 Å². The van der Waals surface area contributed by atoms with Crippen molar-refractivity contribution in [2.24, 2.45) is 0 Å². The Bertz CT molecular complexity index is 629. The Hall–Kier alpha value is -1.54. The van der Waals surface area contributed by atoms with E-state index in [0.29, 0.717) is 0 Å². The van der Waals surface area contributed by atoms with Gasteiger partial charge in [-0.15, -0.1) is 0 Å². The molecule has 1 aromatic heterocycles. The van der Waals surface area contributed by atoms with Gasteiger partial charge in [0, 0.05) is 18.4 Å². The predicted octanol–water partition coefficient (Wildman–Crippen LogP) is -0.142. The van der Waals surface area contributed by atoms with Crippen LogP contribution in [0.15, 0.2) is 18.6 Å². The molecule has 2 aliphatic rings. The van der Waals surface area contributed by atoms with E-state index in [-0.39, 0.29) is 35.2 Å². The van der Waals surface area contributed by atoms with Crippen molar-refractivity contribution in [3.63, 3.8) is 0 Å². The highest BCUT2D eigenvalue weighted by Crippen LogP contribution is 2.22. The van der Waals surface area contributed by atoms with Gasteiger partial charge in [-0.2, -0.15) is 0 Å². The van der Waals surface area contributed by atoms with Crippen LogP contribution < -0.4 is 5.32 Å². The largest absolute Gasteiger partial charge is 0.345 e. The molecule has 1 amide bonds. The fourth-order valence-corrected chi connectivity index (χ4v) is 5.19. The van der Waals surface area contributed by atoms with E-state index in [0.717, 1.165) is 25.9 Å². The summed E-state index contributed by atoms with van der Waals surface area (Å²) in [5.41, 5.74) is 0.212. The first-order valence-electron chi connectivity index (χ1n) is 7.56. The number of nitrogens with zero attached hydrogens (tertiary/aromatic N) is 3. The number of aromatic nitrogens is 2. The van der Waals surface area contributed by atoms with Gasteiger partial charge in [-0.1, -0.05) is 6.42 Å². The fraction of sp³-hybridized carbons (Fsp3) is 0.643. The molecular weight excluding hydrogens is 304 g/mol. The number of hydrogen-bond acceptors (Lipinski definition) is 6. The zero-order valence-electron chi connectivity index (χ0n) is 12.3. The second kappa shape index (κ2) is 6.29. The zero-order valence-corrected chi connectivity index (χ0v) is 13.1. The van der Waals surface area contributed by atoms with E-state index in [1.807, 2.05) is 0 Å². The molecule has 1 N–H and O–H groups in total. The minimum absolute atomic E-state index is 0.000167. The van der Waals surface area contributed by atoms with Gasteiger partial charge < -0.3 is 5.32 Å². The molecule has 0 aromatic carbocycles. The highest BCUT2D eigenvalue weighted by molar-refractivity contribution is 7.91. The summed E-state index contributed by atoms with van der Waals surface area (Å²) in [5, 5.41) is 2.84. The van der Waals surface area contributed by atoms with Crippen molar-refractivity contribution in [2.75, 3.05) is 24.6 Å². The maximum atomic E-state index is 12.2. The summed E-state index contributed by atoms with van der Waals surface area (Å²) in [6, 6.07) is -0.511. The molecule has 7 nitrogen and oxygen atoms in total. The van der Waals surface area contributed by atoms with Crippen LogP contribution in [-0.4, -0.2) is 65.9 Å². The number of sulfone groups is 1. The molecule has 2 saturated heterocycles. The minimum atomic E-state index is -3.11. The minimum Gasteiger partial charge on any atom is -0.345 e. The molecule has 0 spiro atoms. The Morgan fingerprint density at radius 2 is 1.95 bits per heavy atom. The van der Waals surface area contributed by atoms with Gasteiger partial charge in [0.15, 0.2) is 9.84 Å². The second-order valence-electron chi connectivity index (χ2n) is 5.91. The first kappa shape index (κ1) is 15.4. The standard InChI is InChI=1S/C14H20N4O3S/c19-14(11-8-15-4-5-16-11)17-12-9-22(20,21)10-13(12)18-6-2-1-3-7-18/h4-5,8,12-13H,1-3,6-7,9-10H2,(H,17,19). The molecule has 3 rings (SSSR count). The van der Waals surface area contributed by atoms with E-state index >= 15 is 0 Å². The van der Waals surface area contributed by atoms with Crippen LogP contribution in [0.3, 0.4) is 0 Å². The molecule has 3 heterocycles. The van der Waals surface area contributed by atoms with Crippen LogP contribution in [0.4, 0.5) is 0 Å². The van der Waals surface area contributed by atoms with E-state index in [4.69, 9.17) is 0 Å². The van der Waals surface area contributed by atoms with Gasteiger partial charge in [-0.25, -0.2) is 13.4 Å². The van der Waals surface area contributed by atoms with E-state index in [1.165, 1.54) is 25.0 Å². The third kappa shape index (κ3) is 3.44. The lowest BCUT2D eigenvalue weighted by molar-refractivity contribution is 0.0894. The first-order chi connectivity index (χ1) is 10.6. The quantitative estimate of drug-likeness (QED) is 0.832. The van der Waals surface area contributed by atoms with Crippen LogP contribution >= 0.6 is 0 Å². The molecule has 2 atom stereocenters. The van der Waals surface area contributed by atoms with Crippen molar-refractivity contribution >= 4 is 15.7 Å². The smallest absolute Gasteiger partial charge is 0.271 e. The average Bonchev–Trinajstić information content (AvgIpc) is 2.83. The number of amides is 1. The maximum absolute atomic E-state index is 12.2. The van der Waals surface area contributed by atoms with Gasteiger partial charge in [-0.05, 0) is 25.9 Å². The molecule has 120 valence electrons. The summed E-state index contributed by atoms with van der Waals surface area (Å²) < 4.78 is 24.0. The lowest BCUT2D eigenvalue weighted by Crippen LogP contribution is -2.52. The van der Waals surface area contributed by atoms with Crippen LogP contribution in [0.5, 0.6) is 0 Å². The van der Waals surface area contributed by atoms with Crippen LogP contribution in [0.25, 0.3) is 0 Å². The summed E-state index contributed by atoms with van der Waals surface area (Å²) in [5.74, 6) is -0.240. The number of nitrogens with one attached hydrogen (secondary N) is 1. The predicted molar refractivity (Wildman–Crippen MR) is 81.2 cm³/mol. The third-order valence-electron chi connectivity index (χ3n) is 4.29. The van der Waals surface area contributed by atoms with Gasteiger partial charge in [-0.3, -0.25) is 14.7 Å². The topological polar surface area (TPSA) is 92.3 Å². The molecule has 0 bridgehead atoms. The van der Waals surface area contributed by atoms with Crippen LogP contribution in [0.2, 0.25) is 0 Å². The fourth-order valence-electron chi connectivity index (χ4n) is 3.24. The molecule has 22 heavy (non-hydrogen) atoms. The maximum Gasteiger partial charge on any atom is 0.271 e. The van der Waals surface area contributed by atoms with E-state index in [9.17, 15) is 13.2 Å². The molecule has 0 aliphatic carbocycles. The van der Waals surface area contributed by atoms with Gasteiger partial charge >= 0.3 is 0 Å². The molecule has 8 heteroatoms. The molecular formula is C14H20N4O3S. The lowest BCUT2D eigenvalue weighted by Gasteiger charge is -2.34. The van der Waals surface area contributed by atoms with Crippen LogP contribution in [0.1, 0.15) is 29.8 Å². The normalized spacial score (nSPS) is 28.4. The second-order valence-corrected chi connectivity index (χ2v) is 8.07. The molecule has 2 aliphatic heterocycles. The van der Waals surface area contributed by atoms with Crippen molar-refractivity contribution in [1.82, 2.24) is 20.2 Å². The monoisotopic (exact) mass is 324 g/mol. The SMILES string of the molecule is O=C(NC1CS(=O)(=O)CC1N1CCCCC1)c1cnccn1. The van der Waals surface area contributed by atoms with Gasteiger partial charge in [0.25, 0.3) is 5.91 Å². The number of carbonyl (C=O) groups excluding carboxylic acids is 1. The van der Waals surface area contributed by atoms with Crippen molar-refractivity contribution in [2.45, 2.75) is 31.3 Å². The summed E-state index contributed by atoms with van der Waals surface area (Å²) in [7, 11) is -3.11. The first-order valence-corrected chi connectivity index (χ1v) is 9.39. The number of likely N-dealkylation sites (tertiary alicyclic amines) is 1. The van der Waals surface area contributed by atoms with E-state index in [2.05, 4.69) is 20.2 Å². The Labute approximate surface area is 130 Å². The Morgan fingerprint density at radius 3 is 2.64 bits per heavy atom. The lowest BCUT2D eigenvalue weighted by atomic mass is 10.0. The summed E-state index contributed by atoms with van der Waals surface area (Å²) in [4.78, 5) is 22.2. The summed E-state index contributed by atoms with van der Waals surface area (Å²) in [6.45, 7) is 1.80. The van der Waals surface area contributed by atoms with Crippen molar-refractivity contribution < 1.29 is 13.2 Å². The Kier molecular flexibility index (Phi) is 4.39. The van der Waals surface area contributed by atoms with Crippen LogP contribution in [0, 0.1) is 0 Å². The molecule has 2 unspecified atom stereocenters. The van der Waals surface area contributed by atoms with Crippen LogP contribution in [-0.2, 0) is 9.84 Å². The number of carbonyl (C=O) groups is 1.